The van der Waals surface area contributed by atoms with E-state index in [-0.39, 0.29) is 12.1 Å². The van der Waals surface area contributed by atoms with Crippen LogP contribution >= 0.6 is 11.3 Å². The summed E-state index contributed by atoms with van der Waals surface area (Å²) in [5.41, 5.74) is 6.43. The van der Waals surface area contributed by atoms with Crippen molar-refractivity contribution in [1.82, 2.24) is 9.55 Å². The second-order valence-corrected chi connectivity index (χ2v) is 5.10. The van der Waals surface area contributed by atoms with Gasteiger partial charge in [-0.05, 0) is 35.2 Å². The molecule has 0 spiro atoms. The fraction of sp³-hybridized carbons (Fsp3) is 0.0769. The monoisotopic (exact) mass is 275 g/mol. The van der Waals surface area contributed by atoms with Gasteiger partial charge in [-0.15, -0.1) is 11.3 Å². The van der Waals surface area contributed by atoms with Gasteiger partial charge >= 0.3 is 0 Å². The fourth-order valence-electron chi connectivity index (χ4n) is 1.97. The summed E-state index contributed by atoms with van der Waals surface area (Å²) < 4.78 is 14.7. The SMILES string of the molecule is Nc1cc(F)cc(Cn2cnc3sccc3c2=O)c1. The molecule has 6 heteroatoms. The molecule has 2 N–H and O–H groups in total. The Morgan fingerprint density at radius 1 is 1.37 bits per heavy atom. The van der Waals surface area contributed by atoms with E-state index in [0.29, 0.717) is 21.5 Å². The van der Waals surface area contributed by atoms with Crippen molar-refractivity contribution in [3.63, 3.8) is 0 Å². The van der Waals surface area contributed by atoms with Gasteiger partial charge in [-0.25, -0.2) is 9.37 Å². The molecule has 3 aromatic rings. The maximum absolute atomic E-state index is 13.3. The van der Waals surface area contributed by atoms with E-state index >= 15 is 0 Å². The predicted molar refractivity (Wildman–Crippen MR) is 73.8 cm³/mol. The van der Waals surface area contributed by atoms with Gasteiger partial charge in [0, 0.05) is 5.69 Å². The van der Waals surface area contributed by atoms with E-state index < -0.39 is 5.82 Å². The summed E-state index contributed by atoms with van der Waals surface area (Å²) in [5, 5.41) is 2.40. The van der Waals surface area contributed by atoms with Crippen molar-refractivity contribution in [3.8, 4) is 0 Å². The average Bonchev–Trinajstić information content (AvgIpc) is 2.80. The molecule has 0 aliphatic carbocycles. The summed E-state index contributed by atoms with van der Waals surface area (Å²) in [5.74, 6) is -0.410. The Balaban J connectivity index is 2.05. The first-order chi connectivity index (χ1) is 9.13. The van der Waals surface area contributed by atoms with Gasteiger partial charge in [-0.1, -0.05) is 0 Å². The summed E-state index contributed by atoms with van der Waals surface area (Å²) in [4.78, 5) is 17.1. The van der Waals surface area contributed by atoms with E-state index in [1.54, 1.807) is 12.1 Å². The van der Waals surface area contributed by atoms with Crippen LogP contribution in [0.25, 0.3) is 10.2 Å². The standard InChI is InChI=1S/C13H10FN3OS/c14-9-3-8(4-10(15)5-9)6-17-7-16-12-11(13(17)18)1-2-19-12/h1-5,7H,6,15H2. The molecular formula is C13H10FN3OS. The highest BCUT2D eigenvalue weighted by Gasteiger charge is 2.06. The summed E-state index contributed by atoms with van der Waals surface area (Å²) >= 11 is 1.42. The lowest BCUT2D eigenvalue weighted by Crippen LogP contribution is -2.20. The Morgan fingerprint density at radius 3 is 3.00 bits per heavy atom. The molecule has 4 nitrogen and oxygen atoms in total. The number of thiophene rings is 1. The van der Waals surface area contributed by atoms with Crippen molar-refractivity contribution in [2.75, 3.05) is 5.73 Å². The van der Waals surface area contributed by atoms with Gasteiger partial charge < -0.3 is 5.73 Å². The van der Waals surface area contributed by atoms with Crippen molar-refractivity contribution in [3.05, 3.63) is 57.7 Å². The smallest absolute Gasteiger partial charge is 0.262 e. The maximum Gasteiger partial charge on any atom is 0.262 e. The lowest BCUT2D eigenvalue weighted by atomic mass is 10.2. The number of nitrogen functional groups attached to an aromatic ring is 1. The van der Waals surface area contributed by atoms with E-state index in [9.17, 15) is 9.18 Å². The number of rotatable bonds is 2. The molecular weight excluding hydrogens is 265 g/mol. The van der Waals surface area contributed by atoms with Crippen molar-refractivity contribution in [2.24, 2.45) is 0 Å². The number of fused-ring (bicyclic) bond motifs is 1. The van der Waals surface area contributed by atoms with E-state index in [1.807, 2.05) is 5.38 Å². The average molecular weight is 275 g/mol. The molecule has 0 aliphatic heterocycles. The number of aromatic nitrogens is 2. The quantitative estimate of drug-likeness (QED) is 0.729. The summed E-state index contributed by atoms with van der Waals surface area (Å²) in [6.45, 7) is 0.250. The molecule has 1 aromatic carbocycles. The van der Waals surface area contributed by atoms with Gasteiger partial charge in [0.2, 0.25) is 0 Å². The number of hydrogen-bond donors (Lipinski definition) is 1. The number of halogens is 1. The molecule has 0 aliphatic rings. The first-order valence-electron chi connectivity index (χ1n) is 5.61. The lowest BCUT2D eigenvalue weighted by Gasteiger charge is -2.06. The van der Waals surface area contributed by atoms with Gasteiger partial charge in [-0.3, -0.25) is 9.36 Å². The molecule has 0 bridgehead atoms. The third kappa shape index (κ3) is 2.22. The van der Waals surface area contributed by atoms with Gasteiger partial charge in [-0.2, -0.15) is 0 Å². The minimum absolute atomic E-state index is 0.130. The normalized spacial score (nSPS) is 11.0. The highest BCUT2D eigenvalue weighted by atomic mass is 32.1. The largest absolute Gasteiger partial charge is 0.399 e. The van der Waals surface area contributed by atoms with Crippen LogP contribution in [-0.2, 0) is 6.54 Å². The molecule has 96 valence electrons. The van der Waals surface area contributed by atoms with Crippen LogP contribution in [0.2, 0.25) is 0 Å². The van der Waals surface area contributed by atoms with Crippen molar-refractivity contribution >= 4 is 27.2 Å². The Bertz CT molecular complexity index is 789. The molecule has 19 heavy (non-hydrogen) atoms. The first-order valence-corrected chi connectivity index (χ1v) is 6.49. The van der Waals surface area contributed by atoms with E-state index in [2.05, 4.69) is 4.98 Å². The topological polar surface area (TPSA) is 60.9 Å². The van der Waals surface area contributed by atoms with E-state index in [4.69, 9.17) is 5.73 Å². The second-order valence-electron chi connectivity index (χ2n) is 4.21. The number of anilines is 1. The van der Waals surface area contributed by atoms with Gasteiger partial charge in [0.15, 0.2) is 0 Å². The zero-order valence-corrected chi connectivity index (χ0v) is 10.7. The molecule has 3 rings (SSSR count). The fourth-order valence-corrected chi connectivity index (χ4v) is 2.69. The lowest BCUT2D eigenvalue weighted by molar-refractivity contribution is 0.623. The summed E-state index contributed by atoms with van der Waals surface area (Å²) in [7, 11) is 0. The summed E-state index contributed by atoms with van der Waals surface area (Å²) in [6.07, 6.45) is 1.47. The van der Waals surface area contributed by atoms with Crippen LogP contribution in [0.5, 0.6) is 0 Å². The first kappa shape index (κ1) is 11.9. The second kappa shape index (κ2) is 4.47. The molecule has 0 saturated carbocycles. The Hall–Kier alpha value is -2.21. The predicted octanol–water partition coefficient (Wildman–Crippen LogP) is 2.23. The molecule has 2 heterocycles. The van der Waals surface area contributed by atoms with Crippen LogP contribution in [0.15, 0.2) is 40.8 Å². The molecule has 2 aromatic heterocycles. The van der Waals surface area contributed by atoms with Crippen LogP contribution in [0, 0.1) is 5.82 Å². The van der Waals surface area contributed by atoms with Crippen molar-refractivity contribution in [2.45, 2.75) is 6.54 Å². The summed E-state index contributed by atoms with van der Waals surface area (Å²) in [6, 6.07) is 5.99. The molecule has 0 saturated heterocycles. The van der Waals surface area contributed by atoms with Crippen molar-refractivity contribution in [1.29, 1.82) is 0 Å². The van der Waals surface area contributed by atoms with Gasteiger partial charge in [0.1, 0.15) is 10.6 Å². The van der Waals surface area contributed by atoms with Crippen LogP contribution < -0.4 is 11.3 Å². The van der Waals surface area contributed by atoms with Crippen LogP contribution in [0.1, 0.15) is 5.56 Å². The highest BCUT2D eigenvalue weighted by molar-refractivity contribution is 7.16. The highest BCUT2D eigenvalue weighted by Crippen LogP contribution is 2.15. The molecule has 0 atom stereocenters. The Morgan fingerprint density at radius 2 is 2.21 bits per heavy atom. The number of hydrogen-bond acceptors (Lipinski definition) is 4. The molecule has 0 unspecified atom stereocenters. The minimum atomic E-state index is -0.410. The molecule has 0 radical (unpaired) electrons. The van der Waals surface area contributed by atoms with Gasteiger partial charge in [0.05, 0.1) is 18.3 Å². The zero-order valence-electron chi connectivity index (χ0n) is 9.84. The van der Waals surface area contributed by atoms with E-state index in [1.165, 1.54) is 34.4 Å². The number of benzene rings is 1. The van der Waals surface area contributed by atoms with Crippen LogP contribution in [0.3, 0.4) is 0 Å². The zero-order chi connectivity index (χ0) is 13.4. The van der Waals surface area contributed by atoms with E-state index in [0.717, 1.165) is 0 Å². The van der Waals surface area contributed by atoms with Crippen LogP contribution in [0.4, 0.5) is 10.1 Å². The Labute approximate surface area is 111 Å². The van der Waals surface area contributed by atoms with Crippen LogP contribution in [-0.4, -0.2) is 9.55 Å². The third-order valence-corrected chi connectivity index (χ3v) is 3.60. The number of nitrogens with zero attached hydrogens (tertiary/aromatic N) is 2. The Kier molecular flexibility index (Phi) is 2.79. The molecule has 0 fully saturated rings. The minimum Gasteiger partial charge on any atom is -0.399 e. The number of nitrogens with two attached hydrogens (primary N) is 1. The molecule has 0 amide bonds. The van der Waals surface area contributed by atoms with Gasteiger partial charge in [0.25, 0.3) is 5.56 Å². The third-order valence-electron chi connectivity index (χ3n) is 2.78. The van der Waals surface area contributed by atoms with Crippen molar-refractivity contribution < 1.29 is 4.39 Å². The maximum atomic E-state index is 13.3.